The van der Waals surface area contributed by atoms with E-state index in [1.165, 1.54) is 15.3 Å². The minimum atomic E-state index is 0.233. The van der Waals surface area contributed by atoms with Crippen molar-refractivity contribution in [2.45, 2.75) is 26.8 Å². The van der Waals surface area contributed by atoms with Crippen LogP contribution < -0.4 is 10.6 Å². The lowest BCUT2D eigenvalue weighted by Gasteiger charge is -2.14. The Labute approximate surface area is 111 Å². The molecule has 0 aromatic carbocycles. The Morgan fingerprint density at radius 1 is 1.22 bits per heavy atom. The van der Waals surface area contributed by atoms with Gasteiger partial charge in [-0.05, 0) is 32.4 Å². The van der Waals surface area contributed by atoms with Crippen LogP contribution in [0.1, 0.15) is 28.3 Å². The molecule has 0 saturated carbocycles. The van der Waals surface area contributed by atoms with Crippen molar-refractivity contribution in [3.63, 3.8) is 0 Å². The maximum atomic E-state index is 4.41. The summed E-state index contributed by atoms with van der Waals surface area (Å²) < 4.78 is 0. The lowest BCUT2D eigenvalue weighted by atomic mass is 10.1. The molecule has 0 fully saturated rings. The molecule has 1 atom stereocenters. The molecule has 2 heterocycles. The van der Waals surface area contributed by atoms with Crippen molar-refractivity contribution in [3.8, 4) is 0 Å². The minimum absolute atomic E-state index is 0.233. The van der Waals surface area contributed by atoms with E-state index in [-0.39, 0.29) is 6.04 Å². The summed E-state index contributed by atoms with van der Waals surface area (Å²) in [7, 11) is 1.84. The van der Waals surface area contributed by atoms with E-state index < -0.39 is 0 Å². The van der Waals surface area contributed by atoms with Crippen LogP contribution in [-0.2, 0) is 0 Å². The fraction of sp³-hybridized carbons (Fsp3) is 0.385. The summed E-state index contributed by atoms with van der Waals surface area (Å²) in [6.45, 7) is 6.43. The summed E-state index contributed by atoms with van der Waals surface area (Å²) >= 11 is 1.83. The molecule has 0 saturated heterocycles. The van der Waals surface area contributed by atoms with Crippen LogP contribution in [-0.4, -0.2) is 17.0 Å². The number of nitrogens with zero attached hydrogens (tertiary/aromatic N) is 2. The highest BCUT2D eigenvalue weighted by molar-refractivity contribution is 7.12. The van der Waals surface area contributed by atoms with Crippen molar-refractivity contribution in [1.82, 2.24) is 9.97 Å². The Morgan fingerprint density at radius 3 is 2.56 bits per heavy atom. The van der Waals surface area contributed by atoms with E-state index in [4.69, 9.17) is 0 Å². The van der Waals surface area contributed by atoms with Gasteiger partial charge >= 0.3 is 0 Å². The zero-order valence-electron chi connectivity index (χ0n) is 11.1. The number of thiophene rings is 1. The molecule has 1 unspecified atom stereocenters. The summed E-state index contributed by atoms with van der Waals surface area (Å²) in [5.74, 6) is 1.56. The van der Waals surface area contributed by atoms with Gasteiger partial charge in [0.05, 0.1) is 18.4 Å². The van der Waals surface area contributed by atoms with E-state index in [2.05, 4.69) is 47.4 Å². The molecule has 0 aliphatic carbocycles. The number of aromatic nitrogens is 2. The Kier molecular flexibility index (Phi) is 3.81. The molecular weight excluding hydrogens is 244 g/mol. The van der Waals surface area contributed by atoms with Gasteiger partial charge in [0, 0.05) is 16.8 Å². The average Bonchev–Trinajstić information content (AvgIpc) is 2.69. The number of aryl methyl sites for hydroxylation is 2. The molecule has 18 heavy (non-hydrogen) atoms. The normalized spacial score (nSPS) is 12.2. The third-order valence-corrected chi connectivity index (χ3v) is 3.78. The summed E-state index contributed by atoms with van der Waals surface area (Å²) in [6, 6.07) is 2.46. The molecule has 96 valence electrons. The Hall–Kier alpha value is -1.62. The van der Waals surface area contributed by atoms with Gasteiger partial charge in [0.15, 0.2) is 0 Å². The third kappa shape index (κ3) is 2.79. The van der Waals surface area contributed by atoms with Gasteiger partial charge in [0.25, 0.3) is 0 Å². The first kappa shape index (κ1) is 12.8. The van der Waals surface area contributed by atoms with Gasteiger partial charge in [-0.25, -0.2) is 4.98 Å². The van der Waals surface area contributed by atoms with Gasteiger partial charge in [0.2, 0.25) is 0 Å². The zero-order valence-corrected chi connectivity index (χ0v) is 11.9. The monoisotopic (exact) mass is 262 g/mol. The van der Waals surface area contributed by atoms with Crippen LogP contribution in [0.3, 0.4) is 0 Å². The quantitative estimate of drug-likeness (QED) is 0.887. The Morgan fingerprint density at radius 2 is 1.94 bits per heavy atom. The standard InChI is InChI=1S/C13H18N4S/c1-8-5-11(10(3)18-8)9(2)16-13-7-15-6-12(14-4)17-13/h5-7,9H,1-4H3,(H2,14,16,17). The molecule has 4 nitrogen and oxygen atoms in total. The number of hydrogen-bond acceptors (Lipinski definition) is 5. The zero-order chi connectivity index (χ0) is 13.1. The summed E-state index contributed by atoms with van der Waals surface area (Å²) in [5.41, 5.74) is 1.33. The van der Waals surface area contributed by atoms with Crippen molar-refractivity contribution < 1.29 is 0 Å². The molecule has 2 N–H and O–H groups in total. The van der Waals surface area contributed by atoms with Gasteiger partial charge in [0.1, 0.15) is 11.6 Å². The predicted octanol–water partition coefficient (Wildman–Crippen LogP) is 3.37. The van der Waals surface area contributed by atoms with Gasteiger partial charge in [-0.2, -0.15) is 0 Å². The second kappa shape index (κ2) is 5.35. The van der Waals surface area contributed by atoms with Crippen molar-refractivity contribution in [1.29, 1.82) is 0 Å². The van der Waals surface area contributed by atoms with Crippen LogP contribution >= 0.6 is 11.3 Å². The van der Waals surface area contributed by atoms with Gasteiger partial charge in [-0.15, -0.1) is 11.3 Å². The van der Waals surface area contributed by atoms with Gasteiger partial charge in [-0.3, -0.25) is 4.98 Å². The van der Waals surface area contributed by atoms with Crippen molar-refractivity contribution in [2.75, 3.05) is 17.7 Å². The highest BCUT2D eigenvalue weighted by atomic mass is 32.1. The summed E-state index contributed by atoms with van der Waals surface area (Å²) in [6.07, 6.45) is 3.45. The first-order valence-corrected chi connectivity index (χ1v) is 6.75. The second-order valence-corrected chi connectivity index (χ2v) is 5.73. The summed E-state index contributed by atoms with van der Waals surface area (Å²) in [5, 5.41) is 6.36. The first-order valence-electron chi connectivity index (χ1n) is 5.93. The lowest BCUT2D eigenvalue weighted by molar-refractivity contribution is 0.869. The smallest absolute Gasteiger partial charge is 0.147 e. The highest BCUT2D eigenvalue weighted by Gasteiger charge is 2.11. The number of anilines is 2. The average molecular weight is 262 g/mol. The van der Waals surface area contributed by atoms with Crippen LogP contribution in [0, 0.1) is 13.8 Å². The molecule has 0 aliphatic rings. The van der Waals surface area contributed by atoms with Gasteiger partial charge in [-0.1, -0.05) is 0 Å². The van der Waals surface area contributed by atoms with E-state index in [0.29, 0.717) is 0 Å². The van der Waals surface area contributed by atoms with E-state index in [9.17, 15) is 0 Å². The molecule has 0 bridgehead atoms. The number of hydrogen-bond donors (Lipinski definition) is 2. The highest BCUT2D eigenvalue weighted by Crippen LogP contribution is 2.28. The fourth-order valence-electron chi connectivity index (χ4n) is 1.94. The largest absolute Gasteiger partial charge is 0.372 e. The first-order chi connectivity index (χ1) is 8.60. The second-order valence-electron chi connectivity index (χ2n) is 4.27. The van der Waals surface area contributed by atoms with E-state index in [0.717, 1.165) is 11.6 Å². The minimum Gasteiger partial charge on any atom is -0.372 e. The Bertz CT molecular complexity index is 536. The van der Waals surface area contributed by atoms with Crippen LogP contribution in [0.15, 0.2) is 18.5 Å². The van der Waals surface area contributed by atoms with Crippen molar-refractivity contribution in [2.24, 2.45) is 0 Å². The molecule has 0 spiro atoms. The fourth-order valence-corrected chi connectivity index (χ4v) is 2.96. The molecule has 0 amide bonds. The van der Waals surface area contributed by atoms with E-state index in [1.807, 2.05) is 18.4 Å². The lowest BCUT2D eigenvalue weighted by Crippen LogP contribution is -2.09. The molecule has 2 rings (SSSR count). The summed E-state index contributed by atoms with van der Waals surface area (Å²) in [4.78, 5) is 11.2. The van der Waals surface area contributed by atoms with Crippen LogP contribution in [0.2, 0.25) is 0 Å². The topological polar surface area (TPSA) is 49.8 Å². The molecular formula is C13H18N4S. The number of rotatable bonds is 4. The number of nitrogens with one attached hydrogen (secondary N) is 2. The van der Waals surface area contributed by atoms with E-state index >= 15 is 0 Å². The van der Waals surface area contributed by atoms with E-state index in [1.54, 1.807) is 12.4 Å². The van der Waals surface area contributed by atoms with Crippen LogP contribution in [0.4, 0.5) is 11.6 Å². The maximum Gasteiger partial charge on any atom is 0.147 e. The van der Waals surface area contributed by atoms with Crippen LogP contribution in [0.5, 0.6) is 0 Å². The van der Waals surface area contributed by atoms with Gasteiger partial charge < -0.3 is 10.6 Å². The predicted molar refractivity (Wildman–Crippen MR) is 77.4 cm³/mol. The molecule has 2 aromatic heterocycles. The SMILES string of the molecule is CNc1cncc(NC(C)c2cc(C)sc2C)n1. The molecule has 5 heteroatoms. The molecule has 0 radical (unpaired) electrons. The Balaban J connectivity index is 2.15. The van der Waals surface area contributed by atoms with Crippen molar-refractivity contribution >= 4 is 23.0 Å². The van der Waals surface area contributed by atoms with Crippen LogP contribution in [0.25, 0.3) is 0 Å². The maximum absolute atomic E-state index is 4.41. The van der Waals surface area contributed by atoms with Crippen molar-refractivity contribution in [3.05, 3.63) is 33.8 Å². The molecule has 0 aliphatic heterocycles. The third-order valence-electron chi connectivity index (χ3n) is 2.80. The molecule has 2 aromatic rings.